The number of carbonyl (C=O) groups is 1. The van der Waals surface area contributed by atoms with E-state index in [9.17, 15) is 4.79 Å². The van der Waals surface area contributed by atoms with Gasteiger partial charge in [0.15, 0.2) is 0 Å². The summed E-state index contributed by atoms with van der Waals surface area (Å²) in [5.74, 6) is 2.22. The molecular weight excluding hydrogens is 302 g/mol. The average Bonchev–Trinajstić information content (AvgIpc) is 3.10. The fourth-order valence-corrected chi connectivity index (χ4v) is 4.51. The molecular formula is C19H35N3O2. The van der Waals surface area contributed by atoms with Crippen LogP contribution in [0.15, 0.2) is 0 Å². The first-order chi connectivity index (χ1) is 11.7. The summed E-state index contributed by atoms with van der Waals surface area (Å²) < 4.78 is 5.47. The molecule has 0 bridgehead atoms. The Labute approximate surface area is 146 Å². The van der Waals surface area contributed by atoms with E-state index in [1.165, 1.54) is 25.8 Å². The molecule has 5 heteroatoms. The van der Waals surface area contributed by atoms with Crippen LogP contribution in [0.5, 0.6) is 0 Å². The molecule has 3 aliphatic heterocycles. The van der Waals surface area contributed by atoms with Gasteiger partial charge in [0.25, 0.3) is 0 Å². The third-order valence-corrected chi connectivity index (χ3v) is 6.19. The molecule has 0 spiro atoms. The number of amides is 1. The van der Waals surface area contributed by atoms with Gasteiger partial charge in [0.05, 0.1) is 6.61 Å². The lowest BCUT2D eigenvalue weighted by Crippen LogP contribution is -2.46. The Balaban J connectivity index is 1.32. The summed E-state index contributed by atoms with van der Waals surface area (Å²) in [5, 5.41) is 6.70. The third-order valence-electron chi connectivity index (χ3n) is 6.19. The summed E-state index contributed by atoms with van der Waals surface area (Å²) >= 11 is 0. The maximum absolute atomic E-state index is 12.4. The molecule has 3 rings (SSSR count). The quantitative estimate of drug-likeness (QED) is 0.773. The van der Waals surface area contributed by atoms with Gasteiger partial charge in [-0.15, -0.1) is 0 Å². The van der Waals surface area contributed by atoms with E-state index in [2.05, 4.69) is 22.5 Å². The third kappa shape index (κ3) is 5.43. The van der Waals surface area contributed by atoms with Crippen LogP contribution in [-0.4, -0.2) is 62.8 Å². The highest BCUT2D eigenvalue weighted by atomic mass is 16.5. The fourth-order valence-electron chi connectivity index (χ4n) is 4.51. The van der Waals surface area contributed by atoms with Gasteiger partial charge in [0.1, 0.15) is 0 Å². The Morgan fingerprint density at radius 1 is 1.21 bits per heavy atom. The molecule has 5 nitrogen and oxygen atoms in total. The van der Waals surface area contributed by atoms with Crippen molar-refractivity contribution >= 4 is 5.91 Å². The molecule has 138 valence electrons. The molecule has 24 heavy (non-hydrogen) atoms. The molecule has 2 unspecified atom stereocenters. The van der Waals surface area contributed by atoms with Gasteiger partial charge < -0.3 is 20.3 Å². The van der Waals surface area contributed by atoms with Gasteiger partial charge in [-0.1, -0.05) is 6.92 Å². The molecule has 2 N–H and O–H groups in total. The van der Waals surface area contributed by atoms with Crippen LogP contribution < -0.4 is 10.6 Å². The minimum Gasteiger partial charge on any atom is -0.381 e. The SMILES string of the molecule is CC(CC(=O)NC1CCN(CC2CCOC2)CC1)C1CCNCC1. The maximum atomic E-state index is 12.4. The minimum absolute atomic E-state index is 0.267. The van der Waals surface area contributed by atoms with Crippen molar-refractivity contribution in [3.05, 3.63) is 0 Å². The van der Waals surface area contributed by atoms with Crippen molar-refractivity contribution in [1.29, 1.82) is 0 Å². The number of nitrogens with one attached hydrogen (secondary N) is 2. The molecule has 0 saturated carbocycles. The lowest BCUT2D eigenvalue weighted by molar-refractivity contribution is -0.123. The maximum Gasteiger partial charge on any atom is 0.220 e. The molecule has 0 aromatic rings. The lowest BCUT2D eigenvalue weighted by atomic mass is 9.84. The normalized spacial score (nSPS) is 28.8. The number of ether oxygens (including phenoxy) is 1. The van der Waals surface area contributed by atoms with Gasteiger partial charge in [-0.25, -0.2) is 0 Å². The molecule has 0 radical (unpaired) electrons. The van der Waals surface area contributed by atoms with E-state index in [0.29, 0.717) is 24.3 Å². The Bertz CT molecular complexity index is 384. The van der Waals surface area contributed by atoms with Crippen molar-refractivity contribution in [3.63, 3.8) is 0 Å². The van der Waals surface area contributed by atoms with E-state index >= 15 is 0 Å². The number of hydrogen-bond donors (Lipinski definition) is 2. The van der Waals surface area contributed by atoms with Crippen molar-refractivity contribution < 1.29 is 9.53 Å². The first-order valence-electron chi connectivity index (χ1n) is 10.0. The number of carbonyl (C=O) groups excluding carboxylic acids is 1. The summed E-state index contributed by atoms with van der Waals surface area (Å²) in [6.07, 6.45) is 6.55. The summed E-state index contributed by atoms with van der Waals surface area (Å²) in [4.78, 5) is 14.9. The van der Waals surface area contributed by atoms with E-state index < -0.39 is 0 Å². The Morgan fingerprint density at radius 2 is 1.96 bits per heavy atom. The minimum atomic E-state index is 0.267. The number of nitrogens with zero attached hydrogens (tertiary/aromatic N) is 1. The first-order valence-corrected chi connectivity index (χ1v) is 10.0. The summed E-state index contributed by atoms with van der Waals surface area (Å²) in [6, 6.07) is 0.383. The standard InChI is InChI=1S/C19H35N3O2/c1-15(17-2-7-20-8-3-17)12-19(23)21-18-4-9-22(10-5-18)13-16-6-11-24-14-16/h15-18,20H,2-14H2,1H3,(H,21,23). The van der Waals surface area contributed by atoms with Crippen molar-refractivity contribution in [2.45, 2.75) is 51.5 Å². The zero-order valence-corrected chi connectivity index (χ0v) is 15.3. The van der Waals surface area contributed by atoms with Crippen molar-refractivity contribution in [2.75, 3.05) is 45.9 Å². The van der Waals surface area contributed by atoms with E-state index in [1.807, 2.05) is 0 Å². The van der Waals surface area contributed by atoms with E-state index in [0.717, 1.165) is 58.2 Å². The molecule has 0 aliphatic carbocycles. The van der Waals surface area contributed by atoms with Crippen molar-refractivity contribution in [2.24, 2.45) is 17.8 Å². The van der Waals surface area contributed by atoms with Gasteiger partial charge in [-0.3, -0.25) is 4.79 Å². The zero-order valence-electron chi connectivity index (χ0n) is 15.3. The lowest BCUT2D eigenvalue weighted by Gasteiger charge is -2.34. The van der Waals surface area contributed by atoms with E-state index in [1.54, 1.807) is 0 Å². The van der Waals surface area contributed by atoms with Gasteiger partial charge in [0.2, 0.25) is 5.91 Å². The molecule has 3 heterocycles. The van der Waals surface area contributed by atoms with Crippen molar-refractivity contribution in [1.82, 2.24) is 15.5 Å². The van der Waals surface area contributed by atoms with Crippen molar-refractivity contribution in [3.8, 4) is 0 Å². The summed E-state index contributed by atoms with van der Waals surface area (Å²) in [7, 11) is 0. The largest absolute Gasteiger partial charge is 0.381 e. The highest BCUT2D eigenvalue weighted by molar-refractivity contribution is 5.76. The fraction of sp³-hybridized carbons (Fsp3) is 0.947. The van der Waals surface area contributed by atoms with Crippen LogP contribution in [0.4, 0.5) is 0 Å². The average molecular weight is 338 g/mol. The predicted octanol–water partition coefficient (Wildman–Crippen LogP) is 1.63. The second kappa shape index (κ2) is 9.16. The smallest absolute Gasteiger partial charge is 0.220 e. The van der Waals surface area contributed by atoms with Gasteiger partial charge in [-0.2, -0.15) is 0 Å². The van der Waals surface area contributed by atoms with E-state index in [4.69, 9.17) is 4.74 Å². The topological polar surface area (TPSA) is 53.6 Å². The Hall–Kier alpha value is -0.650. The Kier molecular flexibility index (Phi) is 6.93. The molecule has 3 fully saturated rings. The highest BCUT2D eigenvalue weighted by Crippen LogP contribution is 2.24. The molecule has 0 aromatic carbocycles. The summed E-state index contributed by atoms with van der Waals surface area (Å²) in [5.41, 5.74) is 0. The van der Waals surface area contributed by atoms with Crippen LogP contribution in [0.2, 0.25) is 0 Å². The molecule has 2 atom stereocenters. The molecule has 1 amide bonds. The number of piperidine rings is 2. The number of hydrogen-bond acceptors (Lipinski definition) is 4. The zero-order chi connectivity index (χ0) is 16.8. The molecule has 3 saturated heterocycles. The van der Waals surface area contributed by atoms with Gasteiger partial charge >= 0.3 is 0 Å². The highest BCUT2D eigenvalue weighted by Gasteiger charge is 2.26. The monoisotopic (exact) mass is 337 g/mol. The summed E-state index contributed by atoms with van der Waals surface area (Å²) in [6.45, 7) is 9.76. The van der Waals surface area contributed by atoms with Crippen LogP contribution in [-0.2, 0) is 9.53 Å². The molecule has 0 aromatic heterocycles. The second-order valence-corrected chi connectivity index (χ2v) is 8.14. The van der Waals surface area contributed by atoms with Crippen LogP contribution in [0.1, 0.15) is 45.4 Å². The Morgan fingerprint density at radius 3 is 2.62 bits per heavy atom. The van der Waals surface area contributed by atoms with Crippen LogP contribution in [0, 0.1) is 17.8 Å². The van der Waals surface area contributed by atoms with Crippen LogP contribution in [0.3, 0.4) is 0 Å². The van der Waals surface area contributed by atoms with Gasteiger partial charge in [0, 0.05) is 38.7 Å². The molecule has 3 aliphatic rings. The predicted molar refractivity (Wildman–Crippen MR) is 95.9 cm³/mol. The first kappa shape index (κ1) is 18.2. The van der Waals surface area contributed by atoms with Crippen LogP contribution >= 0.6 is 0 Å². The number of likely N-dealkylation sites (tertiary alicyclic amines) is 1. The number of rotatable bonds is 6. The van der Waals surface area contributed by atoms with Crippen LogP contribution in [0.25, 0.3) is 0 Å². The van der Waals surface area contributed by atoms with Gasteiger partial charge in [-0.05, 0) is 62.9 Å². The second-order valence-electron chi connectivity index (χ2n) is 8.14. The van der Waals surface area contributed by atoms with E-state index in [-0.39, 0.29) is 5.91 Å².